The third kappa shape index (κ3) is 4.40. The molecule has 0 radical (unpaired) electrons. The summed E-state index contributed by atoms with van der Waals surface area (Å²) in [6.07, 6.45) is 7.31. The van der Waals surface area contributed by atoms with Gasteiger partial charge in [0.05, 0.1) is 0 Å². The molecule has 0 aliphatic carbocycles. The predicted octanol–water partition coefficient (Wildman–Crippen LogP) is 7.87. The quantitative estimate of drug-likeness (QED) is 0.200. The number of ether oxygens (including phenoxy) is 2. The van der Waals surface area contributed by atoms with Crippen LogP contribution in [0.2, 0.25) is 0 Å². The summed E-state index contributed by atoms with van der Waals surface area (Å²) in [5.74, 6) is 3.44. The van der Waals surface area contributed by atoms with Gasteiger partial charge in [-0.25, -0.2) is 0 Å². The van der Waals surface area contributed by atoms with Gasteiger partial charge >= 0.3 is 0 Å². The van der Waals surface area contributed by atoms with Crippen LogP contribution in [0, 0.1) is 0 Å². The Kier molecular flexibility index (Phi) is 5.88. The molecule has 9 rings (SSSR count). The first-order valence-corrected chi connectivity index (χ1v) is 15.1. The van der Waals surface area contributed by atoms with Crippen LogP contribution >= 0.6 is 0 Å². The summed E-state index contributed by atoms with van der Waals surface area (Å²) < 4.78 is 13.0. The van der Waals surface area contributed by atoms with Crippen molar-refractivity contribution >= 4 is 23.1 Å². The van der Waals surface area contributed by atoms with Gasteiger partial charge in [-0.2, -0.15) is 0 Å². The number of fused-ring (bicyclic) bond motifs is 4. The molecule has 0 spiro atoms. The van der Waals surface area contributed by atoms with Gasteiger partial charge < -0.3 is 9.47 Å². The lowest BCUT2D eigenvalue weighted by Crippen LogP contribution is -2.57. The van der Waals surface area contributed by atoms with Gasteiger partial charge in [0.2, 0.25) is 0 Å². The summed E-state index contributed by atoms with van der Waals surface area (Å²) in [7, 11) is 0. The molecular weight excluding hydrogens is 551 g/mol. The zero-order valence-electron chi connectivity index (χ0n) is 24.2. The minimum Gasteiger partial charge on any atom is -0.458 e. The second-order valence-corrected chi connectivity index (χ2v) is 11.4. The zero-order valence-corrected chi connectivity index (χ0v) is 24.2. The van der Waals surface area contributed by atoms with Gasteiger partial charge in [0.25, 0.3) is 6.71 Å². The molecule has 5 aromatic carbocycles. The Hall–Kier alpha value is -5.94. The number of aromatic nitrogens is 2. The normalized spacial score (nSPS) is 12.3. The van der Waals surface area contributed by atoms with Crippen molar-refractivity contribution in [1.82, 2.24) is 9.97 Å². The van der Waals surface area contributed by atoms with Crippen LogP contribution in [0.5, 0.6) is 23.0 Å². The molecule has 2 aliphatic heterocycles. The fraction of sp³-hybridized carbons (Fsp3) is 0. The Morgan fingerprint density at radius 1 is 0.356 bits per heavy atom. The number of pyridine rings is 2. The maximum atomic E-state index is 6.49. The molecule has 5 heteroatoms. The average molecular weight is 576 g/mol. The van der Waals surface area contributed by atoms with Crippen molar-refractivity contribution < 1.29 is 9.47 Å². The molecule has 0 fully saturated rings. The first kappa shape index (κ1) is 25.6. The van der Waals surface area contributed by atoms with Crippen LogP contribution in [0.3, 0.4) is 0 Å². The molecule has 210 valence electrons. The van der Waals surface area contributed by atoms with E-state index in [1.165, 1.54) is 11.1 Å². The highest BCUT2D eigenvalue weighted by Crippen LogP contribution is 2.37. The van der Waals surface area contributed by atoms with E-state index < -0.39 is 0 Å². The van der Waals surface area contributed by atoms with E-state index >= 15 is 0 Å². The summed E-state index contributed by atoms with van der Waals surface area (Å²) >= 11 is 0. The summed E-state index contributed by atoms with van der Waals surface area (Å²) in [4.78, 5) is 8.30. The van der Waals surface area contributed by atoms with E-state index in [1.54, 1.807) is 0 Å². The predicted molar refractivity (Wildman–Crippen MR) is 181 cm³/mol. The van der Waals surface area contributed by atoms with Gasteiger partial charge in [-0.3, -0.25) is 9.97 Å². The van der Waals surface area contributed by atoms with Gasteiger partial charge in [-0.05, 0) is 104 Å². The maximum absolute atomic E-state index is 6.49. The zero-order chi connectivity index (χ0) is 29.7. The van der Waals surface area contributed by atoms with Crippen molar-refractivity contribution in [3.8, 4) is 67.5 Å². The number of rotatable bonds is 4. The molecule has 0 saturated heterocycles. The van der Waals surface area contributed by atoms with E-state index in [4.69, 9.17) is 9.47 Å². The van der Waals surface area contributed by atoms with E-state index in [0.29, 0.717) is 0 Å². The van der Waals surface area contributed by atoms with Crippen molar-refractivity contribution in [3.63, 3.8) is 0 Å². The molecule has 2 aromatic heterocycles. The molecule has 2 aliphatic rings. The number of hydrogen-bond acceptors (Lipinski definition) is 4. The standard InChI is InChI=1S/C40H25BN2O2/c1-2-38-40-39(3-1)45-37-15-13-33(29-10-6-27(7-11-29)31-18-22-43-23-19-31)25-35(37)41(40)34-24-32(12-14-36(34)44-38)28-8-4-26(5-9-28)30-16-20-42-21-17-30/h1-25H. The van der Waals surface area contributed by atoms with E-state index in [2.05, 4.69) is 94.9 Å². The number of benzene rings is 5. The molecule has 45 heavy (non-hydrogen) atoms. The van der Waals surface area contributed by atoms with Crippen molar-refractivity contribution in [2.24, 2.45) is 0 Å². The lowest BCUT2D eigenvalue weighted by atomic mass is 9.34. The van der Waals surface area contributed by atoms with Crippen LogP contribution in [0.15, 0.2) is 152 Å². The van der Waals surface area contributed by atoms with Crippen molar-refractivity contribution in [3.05, 3.63) is 152 Å². The van der Waals surface area contributed by atoms with Crippen LogP contribution in [-0.2, 0) is 0 Å². The third-order valence-corrected chi connectivity index (χ3v) is 8.86. The summed E-state index contributed by atoms with van der Waals surface area (Å²) in [6.45, 7) is -0.0178. The van der Waals surface area contributed by atoms with Gasteiger partial charge in [-0.15, -0.1) is 0 Å². The molecule has 0 unspecified atom stereocenters. The Morgan fingerprint density at radius 3 is 1.13 bits per heavy atom. The van der Waals surface area contributed by atoms with Crippen LogP contribution in [-0.4, -0.2) is 16.7 Å². The van der Waals surface area contributed by atoms with Crippen LogP contribution in [0.25, 0.3) is 44.5 Å². The highest BCUT2D eigenvalue weighted by atomic mass is 16.5. The van der Waals surface area contributed by atoms with Gasteiger partial charge in [0.1, 0.15) is 23.0 Å². The van der Waals surface area contributed by atoms with E-state index in [1.807, 2.05) is 67.3 Å². The Morgan fingerprint density at radius 2 is 0.711 bits per heavy atom. The Balaban J connectivity index is 1.13. The third-order valence-electron chi connectivity index (χ3n) is 8.86. The van der Waals surface area contributed by atoms with Gasteiger partial charge in [0, 0.05) is 30.3 Å². The van der Waals surface area contributed by atoms with Crippen molar-refractivity contribution in [2.75, 3.05) is 0 Å². The fourth-order valence-electron chi connectivity index (χ4n) is 6.59. The van der Waals surface area contributed by atoms with Crippen molar-refractivity contribution in [1.29, 1.82) is 0 Å². The first-order chi connectivity index (χ1) is 22.3. The minimum absolute atomic E-state index is 0.0178. The largest absolute Gasteiger partial charge is 0.458 e. The van der Waals surface area contributed by atoms with Crippen LogP contribution < -0.4 is 25.9 Å². The number of nitrogens with zero attached hydrogens (tertiary/aromatic N) is 2. The molecule has 4 heterocycles. The summed E-state index contributed by atoms with van der Waals surface area (Å²) in [5.41, 5.74) is 12.6. The topological polar surface area (TPSA) is 44.2 Å². The lowest BCUT2D eigenvalue weighted by molar-refractivity contribution is 0.464. The molecule has 4 nitrogen and oxygen atoms in total. The highest BCUT2D eigenvalue weighted by molar-refractivity contribution is 6.98. The highest BCUT2D eigenvalue weighted by Gasteiger charge is 2.40. The smallest absolute Gasteiger partial charge is 0.260 e. The molecule has 0 atom stereocenters. The van der Waals surface area contributed by atoms with E-state index in [0.717, 1.165) is 72.8 Å². The van der Waals surface area contributed by atoms with Crippen LogP contribution in [0.1, 0.15) is 0 Å². The molecule has 0 N–H and O–H groups in total. The second-order valence-electron chi connectivity index (χ2n) is 11.4. The SMILES string of the molecule is c1cc2c3c(c1)Oc1ccc(-c4ccc(-c5ccncc5)cc4)cc1B3c1cc(-c3ccc(-c4ccncc4)cc3)ccc1O2. The van der Waals surface area contributed by atoms with E-state index in [-0.39, 0.29) is 6.71 Å². The average Bonchev–Trinajstić information content (AvgIpc) is 3.12. The monoisotopic (exact) mass is 576 g/mol. The molecule has 0 bridgehead atoms. The number of hydrogen-bond donors (Lipinski definition) is 0. The maximum Gasteiger partial charge on any atom is 0.260 e. The molecular formula is C40H25BN2O2. The molecule has 0 amide bonds. The first-order valence-electron chi connectivity index (χ1n) is 15.1. The Labute approximate surface area is 261 Å². The minimum atomic E-state index is -0.0178. The fourth-order valence-corrected chi connectivity index (χ4v) is 6.59. The van der Waals surface area contributed by atoms with Gasteiger partial charge in [0.15, 0.2) is 0 Å². The summed E-state index contributed by atoms with van der Waals surface area (Å²) in [6, 6.07) is 44.7. The molecule has 0 saturated carbocycles. The van der Waals surface area contributed by atoms with Gasteiger partial charge in [-0.1, -0.05) is 78.9 Å². The Bertz CT molecular complexity index is 2050. The molecule has 7 aromatic rings. The summed E-state index contributed by atoms with van der Waals surface area (Å²) in [5, 5.41) is 0. The van der Waals surface area contributed by atoms with Crippen molar-refractivity contribution in [2.45, 2.75) is 0 Å². The lowest BCUT2D eigenvalue weighted by Gasteiger charge is -2.33. The van der Waals surface area contributed by atoms with Crippen LogP contribution in [0.4, 0.5) is 0 Å². The van der Waals surface area contributed by atoms with E-state index in [9.17, 15) is 0 Å². The second kappa shape index (κ2) is 10.4.